The second kappa shape index (κ2) is 3.35. The lowest BCUT2D eigenvalue weighted by atomic mass is 10.2. The Kier molecular flexibility index (Phi) is 2.34. The zero-order valence-electron chi connectivity index (χ0n) is 6.88. The van der Waals surface area contributed by atoms with E-state index in [2.05, 4.69) is 41.8 Å². The molecule has 0 saturated carbocycles. The lowest BCUT2D eigenvalue weighted by Gasteiger charge is -2.00. The Hall–Kier alpha value is -0.480. The molecule has 1 aromatic carbocycles. The van der Waals surface area contributed by atoms with Gasteiger partial charge in [-0.1, -0.05) is 6.07 Å². The zero-order valence-corrected chi connectivity index (χ0v) is 10.1. The van der Waals surface area contributed by atoms with Crippen LogP contribution in [0.5, 0.6) is 0 Å². The first-order valence-corrected chi connectivity index (χ1v) is 5.35. The van der Waals surface area contributed by atoms with Gasteiger partial charge in [-0.25, -0.2) is 9.97 Å². The van der Waals surface area contributed by atoms with E-state index < -0.39 is 0 Å². The molecule has 0 saturated heterocycles. The van der Waals surface area contributed by atoms with Crippen LogP contribution in [0.3, 0.4) is 0 Å². The summed E-state index contributed by atoms with van der Waals surface area (Å²) in [6.07, 6.45) is 0. The fraction of sp³-hybridized carbons (Fsp3) is 0.111. The number of rotatable bonds is 0. The zero-order chi connectivity index (χ0) is 9.42. The van der Waals surface area contributed by atoms with E-state index in [-0.39, 0.29) is 0 Å². The molecule has 0 N–H and O–H groups in total. The summed E-state index contributed by atoms with van der Waals surface area (Å²) in [4.78, 5) is 8.67. The van der Waals surface area contributed by atoms with Crippen LogP contribution in [0.4, 0.5) is 0 Å². The van der Waals surface area contributed by atoms with E-state index >= 15 is 0 Å². The van der Waals surface area contributed by atoms with Crippen molar-refractivity contribution in [2.24, 2.45) is 0 Å². The summed E-state index contributed by atoms with van der Waals surface area (Å²) in [5.74, 6) is 0. The molecule has 0 bridgehead atoms. The van der Waals surface area contributed by atoms with Crippen LogP contribution < -0.4 is 0 Å². The van der Waals surface area contributed by atoms with Crippen molar-refractivity contribution in [3.63, 3.8) is 0 Å². The van der Waals surface area contributed by atoms with E-state index in [1.54, 1.807) is 0 Å². The molecule has 0 amide bonds. The van der Waals surface area contributed by atoms with Crippen molar-refractivity contribution in [1.29, 1.82) is 0 Å². The molecule has 0 aliphatic heterocycles. The standard InChI is InChI=1S/C9H6Br2N2/c1-5-2-3-6-7(4-5)13-9(11)8(10)12-6/h2-4H,1H3. The largest absolute Gasteiger partial charge is 0.236 e. The highest BCUT2D eigenvalue weighted by Crippen LogP contribution is 2.22. The highest BCUT2D eigenvalue weighted by atomic mass is 79.9. The fourth-order valence-corrected chi connectivity index (χ4v) is 1.68. The van der Waals surface area contributed by atoms with Gasteiger partial charge >= 0.3 is 0 Å². The minimum atomic E-state index is 0.740. The van der Waals surface area contributed by atoms with Gasteiger partial charge in [-0.3, -0.25) is 0 Å². The third-order valence-corrected chi connectivity index (χ3v) is 3.38. The Morgan fingerprint density at radius 2 is 1.62 bits per heavy atom. The number of hydrogen-bond donors (Lipinski definition) is 0. The van der Waals surface area contributed by atoms with E-state index in [9.17, 15) is 0 Å². The quantitative estimate of drug-likeness (QED) is 0.745. The normalized spacial score (nSPS) is 10.7. The van der Waals surface area contributed by atoms with E-state index in [4.69, 9.17) is 0 Å². The number of nitrogens with zero attached hydrogens (tertiary/aromatic N) is 2. The van der Waals surface area contributed by atoms with Crippen molar-refractivity contribution in [2.45, 2.75) is 6.92 Å². The maximum Gasteiger partial charge on any atom is 0.139 e. The smallest absolute Gasteiger partial charge is 0.139 e. The monoisotopic (exact) mass is 300 g/mol. The Morgan fingerprint density at radius 3 is 2.31 bits per heavy atom. The van der Waals surface area contributed by atoms with Crippen molar-refractivity contribution < 1.29 is 0 Å². The van der Waals surface area contributed by atoms with Gasteiger partial charge in [-0.05, 0) is 56.5 Å². The van der Waals surface area contributed by atoms with Crippen LogP contribution in [-0.2, 0) is 0 Å². The minimum absolute atomic E-state index is 0.740. The van der Waals surface area contributed by atoms with Gasteiger partial charge in [0.25, 0.3) is 0 Å². The third-order valence-electron chi connectivity index (χ3n) is 1.74. The molecule has 0 unspecified atom stereocenters. The summed E-state index contributed by atoms with van der Waals surface area (Å²) in [6, 6.07) is 6.01. The Morgan fingerprint density at radius 1 is 1.00 bits per heavy atom. The first kappa shape index (κ1) is 9.09. The molecule has 2 aromatic rings. The summed E-state index contributed by atoms with van der Waals surface area (Å²) in [6.45, 7) is 2.04. The van der Waals surface area contributed by atoms with Gasteiger partial charge in [0.1, 0.15) is 9.21 Å². The molecule has 2 nitrogen and oxygen atoms in total. The Balaban J connectivity index is 2.81. The lowest BCUT2D eigenvalue weighted by Crippen LogP contribution is -1.87. The number of fused-ring (bicyclic) bond motifs is 1. The molecule has 0 aliphatic carbocycles. The molecule has 0 aliphatic rings. The van der Waals surface area contributed by atoms with Crippen molar-refractivity contribution >= 4 is 42.9 Å². The number of hydrogen-bond acceptors (Lipinski definition) is 2. The van der Waals surface area contributed by atoms with Crippen molar-refractivity contribution in [1.82, 2.24) is 9.97 Å². The second-order valence-corrected chi connectivity index (χ2v) is 4.30. The molecule has 0 radical (unpaired) electrons. The number of benzene rings is 1. The number of aryl methyl sites for hydroxylation is 1. The van der Waals surface area contributed by atoms with E-state index in [1.165, 1.54) is 5.56 Å². The van der Waals surface area contributed by atoms with Crippen LogP contribution in [0.25, 0.3) is 11.0 Å². The summed E-state index contributed by atoms with van der Waals surface area (Å²) in [5.41, 5.74) is 3.01. The molecule has 66 valence electrons. The van der Waals surface area contributed by atoms with Gasteiger partial charge in [0.15, 0.2) is 0 Å². The Labute approximate surface area is 92.7 Å². The van der Waals surface area contributed by atoms with Crippen LogP contribution in [0.15, 0.2) is 27.4 Å². The molecule has 1 aromatic heterocycles. The molecule has 0 atom stereocenters. The molecule has 1 heterocycles. The number of halogens is 2. The average molecular weight is 302 g/mol. The van der Waals surface area contributed by atoms with Gasteiger partial charge in [0.2, 0.25) is 0 Å². The molecular weight excluding hydrogens is 296 g/mol. The molecule has 2 rings (SSSR count). The van der Waals surface area contributed by atoms with E-state index in [0.717, 1.165) is 20.2 Å². The highest BCUT2D eigenvalue weighted by Gasteiger charge is 2.02. The fourth-order valence-electron chi connectivity index (χ4n) is 1.12. The molecular formula is C9H6Br2N2. The van der Waals surface area contributed by atoms with Crippen LogP contribution in [0, 0.1) is 6.92 Å². The predicted molar refractivity (Wildman–Crippen MR) is 59.7 cm³/mol. The van der Waals surface area contributed by atoms with Crippen LogP contribution in [-0.4, -0.2) is 9.97 Å². The van der Waals surface area contributed by atoms with Gasteiger partial charge in [0, 0.05) is 0 Å². The predicted octanol–water partition coefficient (Wildman–Crippen LogP) is 3.46. The molecule has 0 spiro atoms. The van der Waals surface area contributed by atoms with Crippen molar-refractivity contribution in [3.8, 4) is 0 Å². The summed E-state index contributed by atoms with van der Waals surface area (Å²) >= 11 is 6.63. The van der Waals surface area contributed by atoms with Crippen LogP contribution in [0.1, 0.15) is 5.56 Å². The van der Waals surface area contributed by atoms with Crippen molar-refractivity contribution in [2.75, 3.05) is 0 Å². The Bertz CT molecular complexity index is 468. The first-order valence-electron chi connectivity index (χ1n) is 3.76. The summed E-state index contributed by atoms with van der Waals surface area (Å²) < 4.78 is 1.48. The van der Waals surface area contributed by atoms with Gasteiger partial charge in [0.05, 0.1) is 11.0 Å². The van der Waals surface area contributed by atoms with Crippen LogP contribution in [0.2, 0.25) is 0 Å². The lowest BCUT2D eigenvalue weighted by molar-refractivity contribution is 1.20. The average Bonchev–Trinajstić information content (AvgIpc) is 2.08. The topological polar surface area (TPSA) is 25.8 Å². The first-order chi connectivity index (χ1) is 6.16. The minimum Gasteiger partial charge on any atom is -0.236 e. The number of aromatic nitrogens is 2. The maximum absolute atomic E-state index is 4.34. The molecule has 0 fully saturated rings. The van der Waals surface area contributed by atoms with Gasteiger partial charge in [-0.15, -0.1) is 0 Å². The molecule has 4 heteroatoms. The third kappa shape index (κ3) is 1.74. The van der Waals surface area contributed by atoms with Gasteiger partial charge in [-0.2, -0.15) is 0 Å². The van der Waals surface area contributed by atoms with E-state index in [0.29, 0.717) is 0 Å². The highest BCUT2D eigenvalue weighted by molar-refractivity contribution is 9.13. The van der Waals surface area contributed by atoms with Crippen LogP contribution >= 0.6 is 31.9 Å². The van der Waals surface area contributed by atoms with E-state index in [1.807, 2.05) is 25.1 Å². The van der Waals surface area contributed by atoms with Gasteiger partial charge < -0.3 is 0 Å². The maximum atomic E-state index is 4.34. The summed E-state index contributed by atoms with van der Waals surface area (Å²) in [5, 5.41) is 0. The molecule has 13 heavy (non-hydrogen) atoms. The second-order valence-electron chi connectivity index (χ2n) is 2.80. The van der Waals surface area contributed by atoms with Crippen molar-refractivity contribution in [3.05, 3.63) is 33.0 Å². The SMILES string of the molecule is Cc1ccc2nc(Br)c(Br)nc2c1. The summed E-state index contributed by atoms with van der Waals surface area (Å²) in [7, 11) is 0.